The van der Waals surface area contributed by atoms with Gasteiger partial charge >= 0.3 is 0 Å². The smallest absolute Gasteiger partial charge is 0.166 e. The van der Waals surface area contributed by atoms with Crippen LogP contribution in [-0.4, -0.2) is 14.5 Å². The first-order chi connectivity index (χ1) is 12.7. The van der Waals surface area contributed by atoms with Gasteiger partial charge in [0.25, 0.3) is 0 Å². The van der Waals surface area contributed by atoms with Crippen molar-refractivity contribution < 1.29 is 4.39 Å². The lowest BCUT2D eigenvalue weighted by Crippen LogP contribution is -2.00. The second kappa shape index (κ2) is 6.12. The summed E-state index contributed by atoms with van der Waals surface area (Å²) in [6, 6.07) is 19.2. The van der Waals surface area contributed by atoms with Crippen molar-refractivity contribution in [1.29, 1.82) is 10.5 Å². The normalized spacial score (nSPS) is 10.4. The van der Waals surface area contributed by atoms with Crippen LogP contribution in [0.1, 0.15) is 11.1 Å². The minimum atomic E-state index is -0.347. The first kappa shape index (κ1) is 15.5. The second-order valence-electron chi connectivity index (χ2n) is 5.56. The number of nitrogens with zero attached hydrogens (tertiary/aromatic N) is 5. The van der Waals surface area contributed by atoms with Crippen molar-refractivity contribution in [2.45, 2.75) is 0 Å². The van der Waals surface area contributed by atoms with Crippen molar-refractivity contribution in [2.75, 3.05) is 0 Å². The van der Waals surface area contributed by atoms with E-state index in [4.69, 9.17) is 0 Å². The lowest BCUT2D eigenvalue weighted by Gasteiger charge is -2.08. The molecule has 0 saturated carbocycles. The van der Waals surface area contributed by atoms with Gasteiger partial charge in [0.2, 0.25) is 0 Å². The highest BCUT2D eigenvalue weighted by Crippen LogP contribution is 2.29. The van der Waals surface area contributed by atoms with Gasteiger partial charge < -0.3 is 0 Å². The second-order valence-corrected chi connectivity index (χ2v) is 5.56. The maximum Gasteiger partial charge on any atom is 0.166 e. The number of fused-ring (bicyclic) bond motifs is 1. The van der Waals surface area contributed by atoms with Crippen molar-refractivity contribution >= 4 is 11.2 Å². The van der Waals surface area contributed by atoms with Gasteiger partial charge in [-0.25, -0.2) is 14.4 Å². The van der Waals surface area contributed by atoms with Crippen LogP contribution in [0.3, 0.4) is 0 Å². The summed E-state index contributed by atoms with van der Waals surface area (Å²) in [6.07, 6.45) is 1.52. The molecule has 0 radical (unpaired) electrons. The van der Waals surface area contributed by atoms with Gasteiger partial charge in [-0.05, 0) is 24.3 Å². The molecule has 0 fully saturated rings. The van der Waals surface area contributed by atoms with E-state index in [0.29, 0.717) is 22.5 Å². The van der Waals surface area contributed by atoms with Crippen LogP contribution in [0.4, 0.5) is 4.39 Å². The Balaban J connectivity index is 2.07. The third kappa shape index (κ3) is 2.38. The highest BCUT2D eigenvalue weighted by Gasteiger charge is 2.20. The Morgan fingerprint density at radius 2 is 1.58 bits per heavy atom. The molecule has 0 aliphatic rings. The van der Waals surface area contributed by atoms with Crippen LogP contribution in [-0.2, 0) is 0 Å². The van der Waals surface area contributed by atoms with E-state index in [9.17, 15) is 14.9 Å². The summed E-state index contributed by atoms with van der Waals surface area (Å²) < 4.78 is 14.9. The highest BCUT2D eigenvalue weighted by molar-refractivity contribution is 5.87. The van der Waals surface area contributed by atoms with E-state index in [1.165, 1.54) is 18.5 Å². The van der Waals surface area contributed by atoms with E-state index in [-0.39, 0.29) is 16.9 Å². The van der Waals surface area contributed by atoms with Crippen LogP contribution in [0.2, 0.25) is 0 Å². The Morgan fingerprint density at radius 3 is 2.23 bits per heavy atom. The summed E-state index contributed by atoms with van der Waals surface area (Å²) in [7, 11) is 0. The molecule has 0 aliphatic carbocycles. The molecule has 26 heavy (non-hydrogen) atoms. The number of hydrogen-bond acceptors (Lipinski definition) is 4. The summed E-state index contributed by atoms with van der Waals surface area (Å²) >= 11 is 0. The van der Waals surface area contributed by atoms with Crippen LogP contribution in [0.5, 0.6) is 0 Å². The number of halogens is 1. The Bertz CT molecular complexity index is 1200. The van der Waals surface area contributed by atoms with Crippen molar-refractivity contribution in [3.63, 3.8) is 0 Å². The van der Waals surface area contributed by atoms with Gasteiger partial charge in [-0.1, -0.05) is 30.3 Å². The number of nitriles is 2. The molecule has 4 rings (SSSR count). The first-order valence-corrected chi connectivity index (χ1v) is 7.75. The molecule has 6 heteroatoms. The minimum Gasteiger partial charge on any atom is -0.283 e. The topological polar surface area (TPSA) is 78.3 Å². The number of imidazole rings is 1. The standard InChI is InChI=1S/C20H10FN5/c21-14-6-8-15(9-7-14)26-12-24-19-17(11-23)16(10-22)18(25-20(19)26)13-4-2-1-3-5-13/h1-9,12H. The van der Waals surface area contributed by atoms with E-state index in [1.807, 2.05) is 30.3 Å². The SMILES string of the molecule is N#Cc1c(-c2ccccc2)nc2c(ncn2-c2ccc(F)cc2)c1C#N. The number of pyridine rings is 1. The molecule has 0 bridgehead atoms. The summed E-state index contributed by atoms with van der Waals surface area (Å²) in [5.41, 5.74) is 2.95. The molecule has 0 saturated heterocycles. The summed E-state index contributed by atoms with van der Waals surface area (Å²) in [6.45, 7) is 0. The van der Waals surface area contributed by atoms with Crippen LogP contribution in [0.15, 0.2) is 60.9 Å². The molecule has 0 amide bonds. The van der Waals surface area contributed by atoms with E-state index >= 15 is 0 Å². The maximum absolute atomic E-state index is 13.2. The molecule has 2 aromatic heterocycles. The number of hydrogen-bond donors (Lipinski definition) is 0. The van der Waals surface area contributed by atoms with Crippen molar-refractivity contribution in [3.8, 4) is 29.1 Å². The van der Waals surface area contributed by atoms with Crippen molar-refractivity contribution in [3.05, 3.63) is 77.9 Å². The number of benzene rings is 2. The Hall–Kier alpha value is -4.03. The monoisotopic (exact) mass is 339 g/mol. The zero-order valence-electron chi connectivity index (χ0n) is 13.4. The minimum absolute atomic E-state index is 0.178. The molecule has 0 spiro atoms. The fraction of sp³-hybridized carbons (Fsp3) is 0. The van der Waals surface area contributed by atoms with Crippen molar-refractivity contribution in [1.82, 2.24) is 14.5 Å². The molecule has 0 unspecified atom stereocenters. The number of rotatable bonds is 2. The largest absolute Gasteiger partial charge is 0.283 e. The lowest BCUT2D eigenvalue weighted by molar-refractivity contribution is 0.627. The van der Waals surface area contributed by atoms with E-state index < -0.39 is 0 Å². The molecule has 0 N–H and O–H groups in total. The molecule has 5 nitrogen and oxygen atoms in total. The van der Waals surface area contributed by atoms with Gasteiger partial charge in [0.15, 0.2) is 5.65 Å². The molecule has 0 aliphatic heterocycles. The first-order valence-electron chi connectivity index (χ1n) is 7.75. The number of aromatic nitrogens is 3. The van der Waals surface area contributed by atoms with Gasteiger partial charge in [0.1, 0.15) is 35.4 Å². The average Bonchev–Trinajstić information content (AvgIpc) is 3.11. The average molecular weight is 339 g/mol. The van der Waals surface area contributed by atoms with Crippen LogP contribution in [0, 0.1) is 28.5 Å². The Morgan fingerprint density at radius 1 is 0.885 bits per heavy atom. The van der Waals surface area contributed by atoms with Crippen LogP contribution >= 0.6 is 0 Å². The fourth-order valence-corrected chi connectivity index (χ4v) is 2.84. The zero-order chi connectivity index (χ0) is 18.1. The highest BCUT2D eigenvalue weighted by atomic mass is 19.1. The van der Waals surface area contributed by atoms with Crippen LogP contribution < -0.4 is 0 Å². The Labute approximate surface area is 148 Å². The quantitative estimate of drug-likeness (QED) is 0.553. The zero-order valence-corrected chi connectivity index (χ0v) is 13.4. The van der Waals surface area contributed by atoms with Gasteiger partial charge in [0.05, 0.1) is 11.3 Å². The molecular formula is C20H10FN5. The molecule has 2 heterocycles. The van der Waals surface area contributed by atoms with E-state index in [1.54, 1.807) is 16.7 Å². The Kier molecular flexibility index (Phi) is 3.65. The predicted molar refractivity (Wildman–Crippen MR) is 93.7 cm³/mol. The van der Waals surface area contributed by atoms with Crippen molar-refractivity contribution in [2.24, 2.45) is 0 Å². The lowest BCUT2D eigenvalue weighted by atomic mass is 10.0. The molecular weight excluding hydrogens is 329 g/mol. The third-order valence-corrected chi connectivity index (χ3v) is 4.06. The van der Waals surface area contributed by atoms with E-state index in [2.05, 4.69) is 22.1 Å². The summed E-state index contributed by atoms with van der Waals surface area (Å²) in [5, 5.41) is 19.2. The van der Waals surface area contributed by atoms with E-state index in [0.717, 1.165) is 5.56 Å². The maximum atomic E-state index is 13.2. The molecule has 0 atom stereocenters. The molecule has 2 aromatic carbocycles. The molecule has 4 aromatic rings. The fourth-order valence-electron chi connectivity index (χ4n) is 2.84. The van der Waals surface area contributed by atoms with Gasteiger partial charge in [-0.3, -0.25) is 4.57 Å². The van der Waals surface area contributed by atoms with Gasteiger partial charge in [0, 0.05) is 11.3 Å². The van der Waals surface area contributed by atoms with Crippen LogP contribution in [0.25, 0.3) is 28.1 Å². The predicted octanol–water partition coefficient (Wildman–Crippen LogP) is 3.97. The van der Waals surface area contributed by atoms with Gasteiger partial charge in [-0.2, -0.15) is 10.5 Å². The molecule has 122 valence electrons. The third-order valence-electron chi connectivity index (χ3n) is 4.06. The summed E-state index contributed by atoms with van der Waals surface area (Å²) in [4.78, 5) is 8.88. The summed E-state index contributed by atoms with van der Waals surface area (Å²) in [5.74, 6) is -0.347. The van der Waals surface area contributed by atoms with Gasteiger partial charge in [-0.15, -0.1) is 0 Å².